The van der Waals surface area contributed by atoms with Crippen molar-refractivity contribution in [1.29, 1.82) is 0 Å². The minimum Gasteiger partial charge on any atom is -0.466 e. The number of nitrogens with one attached hydrogen (secondary N) is 1. The summed E-state index contributed by atoms with van der Waals surface area (Å²) in [5, 5.41) is 3.31. The van der Waals surface area contributed by atoms with Crippen molar-refractivity contribution in [1.82, 2.24) is 14.9 Å². The molecule has 31 heavy (non-hydrogen) atoms. The lowest BCUT2D eigenvalue weighted by Crippen LogP contribution is -2.34. The predicted molar refractivity (Wildman–Crippen MR) is 119 cm³/mol. The van der Waals surface area contributed by atoms with Gasteiger partial charge in [-0.25, -0.2) is 4.98 Å². The quantitative estimate of drug-likeness (QED) is 0.596. The van der Waals surface area contributed by atoms with Crippen LogP contribution in [-0.4, -0.2) is 28.0 Å². The average molecular weight is 440 g/mol. The van der Waals surface area contributed by atoms with Gasteiger partial charge >= 0.3 is 5.97 Å². The molecule has 2 heterocycles. The molecule has 1 atom stereocenters. The number of aromatic nitrogens is 2. The number of ether oxygens (including phenoxy) is 1. The lowest BCUT2D eigenvalue weighted by atomic mass is 9.86. The van der Waals surface area contributed by atoms with Gasteiger partial charge in [0.05, 0.1) is 17.9 Å². The molecule has 7 nitrogen and oxygen atoms in total. The van der Waals surface area contributed by atoms with Crippen molar-refractivity contribution in [2.24, 2.45) is 0 Å². The molecule has 0 spiro atoms. The van der Waals surface area contributed by atoms with Crippen LogP contribution in [0.4, 0.5) is 0 Å². The molecule has 1 amide bonds. The third-order valence-corrected chi connectivity index (χ3v) is 6.73. The summed E-state index contributed by atoms with van der Waals surface area (Å²) >= 11 is 1.47. The van der Waals surface area contributed by atoms with Gasteiger partial charge in [0.2, 0.25) is 5.91 Å². The first kappa shape index (κ1) is 21.2. The van der Waals surface area contributed by atoms with Crippen molar-refractivity contribution in [2.75, 3.05) is 6.61 Å². The second-order valence-corrected chi connectivity index (χ2v) is 8.71. The number of rotatable bonds is 6. The molecular formula is C23H25N3O4S. The zero-order valence-electron chi connectivity index (χ0n) is 17.6. The van der Waals surface area contributed by atoms with Crippen LogP contribution in [-0.2, 0) is 33.8 Å². The monoisotopic (exact) mass is 439 g/mol. The van der Waals surface area contributed by atoms with Gasteiger partial charge in [-0.15, -0.1) is 11.3 Å². The average Bonchev–Trinajstić information content (AvgIpc) is 3.14. The maximum atomic E-state index is 13.4. The standard InChI is InChI=1S/C23H25N3O4S/c1-3-30-23(29)16-10-7-11-17-19(16)20-21(31-17)25-14(2)26(22(20)28)13-18(27)24-12-15-8-5-4-6-9-15/h4-6,8-9,16H,3,7,10-13H2,1-2H3,(H,24,27). The summed E-state index contributed by atoms with van der Waals surface area (Å²) in [7, 11) is 0. The molecular weight excluding hydrogens is 414 g/mol. The Morgan fingerprint density at radius 3 is 2.81 bits per heavy atom. The summed E-state index contributed by atoms with van der Waals surface area (Å²) in [4.78, 5) is 44.8. The van der Waals surface area contributed by atoms with Gasteiger partial charge in [0.25, 0.3) is 5.56 Å². The van der Waals surface area contributed by atoms with Crippen molar-refractivity contribution >= 4 is 33.4 Å². The molecule has 1 aromatic carbocycles. The number of carbonyl (C=O) groups excluding carboxylic acids is 2. The number of hydrogen-bond donors (Lipinski definition) is 1. The lowest BCUT2D eigenvalue weighted by molar-refractivity contribution is -0.145. The lowest BCUT2D eigenvalue weighted by Gasteiger charge is -2.21. The van der Waals surface area contributed by atoms with Crippen LogP contribution >= 0.6 is 11.3 Å². The fourth-order valence-corrected chi connectivity index (χ4v) is 5.39. The summed E-state index contributed by atoms with van der Waals surface area (Å²) < 4.78 is 6.66. The molecule has 1 aliphatic carbocycles. The van der Waals surface area contributed by atoms with E-state index in [9.17, 15) is 14.4 Å². The number of carbonyl (C=O) groups is 2. The number of fused-ring (bicyclic) bond motifs is 3. The smallest absolute Gasteiger partial charge is 0.313 e. The largest absolute Gasteiger partial charge is 0.466 e. The summed E-state index contributed by atoms with van der Waals surface area (Å²) in [6.45, 7) is 4.08. The number of benzene rings is 1. The molecule has 3 aromatic rings. The Kier molecular flexibility index (Phi) is 6.18. The Hall–Kier alpha value is -3.00. The van der Waals surface area contributed by atoms with E-state index in [2.05, 4.69) is 10.3 Å². The topological polar surface area (TPSA) is 90.3 Å². The minimum atomic E-state index is -0.449. The molecule has 0 saturated heterocycles. The van der Waals surface area contributed by atoms with Crippen LogP contribution < -0.4 is 10.9 Å². The van der Waals surface area contributed by atoms with Gasteiger partial charge < -0.3 is 10.1 Å². The summed E-state index contributed by atoms with van der Waals surface area (Å²) in [6.07, 6.45) is 2.35. The van der Waals surface area contributed by atoms with Crippen LogP contribution in [0.3, 0.4) is 0 Å². The van der Waals surface area contributed by atoms with E-state index in [1.807, 2.05) is 30.3 Å². The number of thiophene rings is 1. The van der Waals surface area contributed by atoms with E-state index in [1.165, 1.54) is 15.9 Å². The second-order valence-electron chi connectivity index (χ2n) is 7.63. The van der Waals surface area contributed by atoms with Crippen LogP contribution in [0.25, 0.3) is 10.2 Å². The zero-order valence-corrected chi connectivity index (χ0v) is 18.5. The first-order valence-electron chi connectivity index (χ1n) is 10.5. The molecule has 1 N–H and O–H groups in total. The molecule has 0 fully saturated rings. The third-order valence-electron chi connectivity index (χ3n) is 5.57. The minimum absolute atomic E-state index is 0.116. The first-order chi connectivity index (χ1) is 15.0. The maximum Gasteiger partial charge on any atom is 0.313 e. The molecule has 0 saturated carbocycles. The Morgan fingerprint density at radius 2 is 2.06 bits per heavy atom. The molecule has 0 aliphatic heterocycles. The third kappa shape index (κ3) is 4.25. The van der Waals surface area contributed by atoms with Crippen LogP contribution in [0, 0.1) is 6.92 Å². The van der Waals surface area contributed by atoms with Gasteiger partial charge in [-0.2, -0.15) is 0 Å². The summed E-state index contributed by atoms with van der Waals surface area (Å²) in [5.41, 5.74) is 1.46. The molecule has 8 heteroatoms. The highest BCUT2D eigenvalue weighted by atomic mass is 32.1. The maximum absolute atomic E-state index is 13.4. The van der Waals surface area contributed by atoms with Gasteiger partial charge in [-0.05, 0) is 44.2 Å². The molecule has 162 valence electrons. The van der Waals surface area contributed by atoms with Crippen molar-refractivity contribution in [2.45, 2.75) is 52.1 Å². The van der Waals surface area contributed by atoms with E-state index in [-0.39, 0.29) is 24.0 Å². The van der Waals surface area contributed by atoms with Crippen molar-refractivity contribution in [3.63, 3.8) is 0 Å². The highest BCUT2D eigenvalue weighted by molar-refractivity contribution is 7.18. The first-order valence-corrected chi connectivity index (χ1v) is 11.3. The normalized spacial score (nSPS) is 15.5. The molecule has 0 radical (unpaired) electrons. The molecule has 0 bridgehead atoms. The van der Waals surface area contributed by atoms with Crippen molar-refractivity contribution < 1.29 is 14.3 Å². The highest BCUT2D eigenvalue weighted by Crippen LogP contribution is 2.41. The van der Waals surface area contributed by atoms with Crippen LogP contribution in [0.2, 0.25) is 0 Å². The SMILES string of the molecule is CCOC(=O)C1CCCc2sc3nc(C)n(CC(=O)NCc4ccccc4)c(=O)c3c21. The zero-order chi connectivity index (χ0) is 22.0. The van der Waals surface area contributed by atoms with Crippen LogP contribution in [0.1, 0.15) is 47.5 Å². The number of amides is 1. The number of nitrogens with zero attached hydrogens (tertiary/aromatic N) is 2. The van der Waals surface area contributed by atoms with Crippen LogP contribution in [0.15, 0.2) is 35.1 Å². The van der Waals surface area contributed by atoms with Gasteiger partial charge in [0.15, 0.2) is 0 Å². The van der Waals surface area contributed by atoms with Crippen LogP contribution in [0.5, 0.6) is 0 Å². The van der Waals surface area contributed by atoms with E-state index in [0.717, 1.165) is 28.8 Å². The Labute approximate surface area is 184 Å². The van der Waals surface area contributed by atoms with Crippen molar-refractivity contribution in [3.8, 4) is 0 Å². The second kappa shape index (κ2) is 9.01. The van der Waals surface area contributed by atoms with Gasteiger partial charge in [-0.1, -0.05) is 30.3 Å². The van der Waals surface area contributed by atoms with E-state index < -0.39 is 5.92 Å². The summed E-state index contributed by atoms with van der Waals surface area (Å²) in [5.74, 6) is -0.523. The molecule has 4 rings (SSSR count). The van der Waals surface area contributed by atoms with E-state index in [4.69, 9.17) is 4.74 Å². The highest BCUT2D eigenvalue weighted by Gasteiger charge is 2.33. The number of hydrogen-bond acceptors (Lipinski definition) is 6. The predicted octanol–water partition coefficient (Wildman–Crippen LogP) is 3.07. The van der Waals surface area contributed by atoms with Gasteiger partial charge in [-0.3, -0.25) is 19.0 Å². The Morgan fingerprint density at radius 1 is 1.29 bits per heavy atom. The van der Waals surface area contributed by atoms with Gasteiger partial charge in [0.1, 0.15) is 17.2 Å². The molecule has 1 aliphatic rings. The summed E-state index contributed by atoms with van der Waals surface area (Å²) in [6, 6.07) is 9.60. The van der Waals surface area contributed by atoms with E-state index >= 15 is 0 Å². The molecule has 1 unspecified atom stereocenters. The number of aryl methyl sites for hydroxylation is 2. The van der Waals surface area contributed by atoms with Gasteiger partial charge in [0, 0.05) is 11.4 Å². The Bertz CT molecular complexity index is 1180. The fourth-order valence-electron chi connectivity index (χ4n) is 4.08. The molecule has 2 aromatic heterocycles. The fraction of sp³-hybridized carbons (Fsp3) is 0.391. The van der Waals surface area contributed by atoms with E-state index in [1.54, 1.807) is 13.8 Å². The Balaban J connectivity index is 1.66. The van der Waals surface area contributed by atoms with Crippen molar-refractivity contribution in [3.05, 3.63) is 62.5 Å². The number of esters is 1. The van der Waals surface area contributed by atoms with E-state index in [0.29, 0.717) is 35.6 Å².